The summed E-state index contributed by atoms with van der Waals surface area (Å²) in [5, 5.41) is 0. The van der Waals surface area contributed by atoms with Crippen LogP contribution in [0.1, 0.15) is 6.42 Å². The Morgan fingerprint density at radius 2 is 1.88 bits per heavy atom. The molecule has 5 nitrogen and oxygen atoms in total. The number of hydrogen-bond donors (Lipinski definition) is 0. The van der Waals surface area contributed by atoms with Crippen molar-refractivity contribution in [2.75, 3.05) is 19.0 Å². The van der Waals surface area contributed by atoms with Crippen molar-refractivity contribution in [1.29, 1.82) is 0 Å². The molecule has 17 heavy (non-hydrogen) atoms. The Hall–Kier alpha value is -1.56. The maximum atomic E-state index is 11.8. The summed E-state index contributed by atoms with van der Waals surface area (Å²) in [6.07, 6.45) is 0.590. The van der Waals surface area contributed by atoms with Crippen molar-refractivity contribution in [2.24, 2.45) is 0 Å². The highest BCUT2D eigenvalue weighted by atomic mass is 32.2. The van der Waals surface area contributed by atoms with Gasteiger partial charge in [0.05, 0.1) is 10.6 Å². The highest BCUT2D eigenvalue weighted by molar-refractivity contribution is 7.91. The summed E-state index contributed by atoms with van der Waals surface area (Å²) < 4.78 is 34.2. The summed E-state index contributed by atoms with van der Waals surface area (Å²) >= 11 is 0. The first kappa shape index (κ1) is 11.9. The largest absolute Gasteiger partial charge is 0.486 e. The van der Waals surface area contributed by atoms with E-state index in [4.69, 9.17) is 9.47 Å². The standard InChI is InChI=1S/C11H12O5S/c12-4-1-7-17(13,14)9-2-3-10-11(8-9)16-6-5-15-10/h2-4,8H,1,5-7H2. The predicted octanol–water partition coefficient (Wildman–Crippen LogP) is 0.821. The van der Waals surface area contributed by atoms with Gasteiger partial charge >= 0.3 is 0 Å². The maximum absolute atomic E-state index is 11.8. The molecule has 1 aliphatic rings. The Bertz CT molecular complexity index is 521. The van der Waals surface area contributed by atoms with Crippen LogP contribution < -0.4 is 9.47 Å². The monoisotopic (exact) mass is 256 g/mol. The Morgan fingerprint density at radius 3 is 2.59 bits per heavy atom. The second kappa shape index (κ2) is 4.75. The van der Waals surface area contributed by atoms with Crippen LogP contribution in [0.2, 0.25) is 0 Å². The van der Waals surface area contributed by atoms with Gasteiger partial charge in [-0.1, -0.05) is 0 Å². The Morgan fingerprint density at radius 1 is 1.18 bits per heavy atom. The van der Waals surface area contributed by atoms with Crippen LogP contribution in [0.25, 0.3) is 0 Å². The molecule has 0 aromatic heterocycles. The molecule has 1 heterocycles. The third-order valence-corrected chi connectivity index (χ3v) is 4.12. The quantitative estimate of drug-likeness (QED) is 0.746. The molecule has 0 spiro atoms. The number of fused-ring (bicyclic) bond motifs is 1. The minimum Gasteiger partial charge on any atom is -0.486 e. The first-order valence-electron chi connectivity index (χ1n) is 5.19. The molecule has 0 radical (unpaired) electrons. The fourth-order valence-electron chi connectivity index (χ4n) is 1.54. The van der Waals surface area contributed by atoms with Gasteiger partial charge in [0.1, 0.15) is 19.5 Å². The second-order valence-electron chi connectivity index (χ2n) is 3.58. The third kappa shape index (κ3) is 2.58. The molecule has 0 unspecified atom stereocenters. The van der Waals surface area contributed by atoms with Gasteiger partial charge in [-0.25, -0.2) is 8.42 Å². The van der Waals surface area contributed by atoms with Gasteiger partial charge in [-0.15, -0.1) is 0 Å². The summed E-state index contributed by atoms with van der Waals surface area (Å²) in [7, 11) is -3.42. The zero-order chi connectivity index (χ0) is 12.3. The Labute approximate surface area is 99.3 Å². The minimum absolute atomic E-state index is 0.00320. The first-order chi connectivity index (χ1) is 8.13. The van der Waals surface area contributed by atoms with Gasteiger partial charge < -0.3 is 14.3 Å². The molecule has 0 atom stereocenters. The fourth-order valence-corrected chi connectivity index (χ4v) is 2.74. The lowest BCUT2D eigenvalue weighted by Crippen LogP contribution is -2.16. The molecular formula is C11H12O5S. The number of ether oxygens (including phenoxy) is 2. The van der Waals surface area contributed by atoms with Gasteiger partial charge in [0.15, 0.2) is 21.3 Å². The summed E-state index contributed by atoms with van der Waals surface area (Å²) in [5.74, 6) is 0.796. The van der Waals surface area contributed by atoms with Crippen LogP contribution in [0.4, 0.5) is 0 Å². The van der Waals surface area contributed by atoms with Gasteiger partial charge in [0.2, 0.25) is 0 Å². The van der Waals surface area contributed by atoms with Crippen LogP contribution in [-0.2, 0) is 14.6 Å². The number of hydrogen-bond acceptors (Lipinski definition) is 5. The molecule has 0 amide bonds. The molecule has 6 heteroatoms. The number of sulfone groups is 1. The molecule has 0 bridgehead atoms. The van der Waals surface area contributed by atoms with E-state index in [2.05, 4.69) is 0 Å². The maximum Gasteiger partial charge on any atom is 0.178 e. The van der Waals surface area contributed by atoms with E-state index in [9.17, 15) is 13.2 Å². The average Bonchev–Trinajstić information content (AvgIpc) is 2.36. The summed E-state index contributed by atoms with van der Waals surface area (Å²) in [6, 6.07) is 4.48. The molecule has 0 fully saturated rings. The highest BCUT2D eigenvalue weighted by Gasteiger charge is 2.18. The second-order valence-corrected chi connectivity index (χ2v) is 5.69. The zero-order valence-electron chi connectivity index (χ0n) is 9.09. The molecule has 1 aromatic rings. The van der Waals surface area contributed by atoms with Crippen molar-refractivity contribution in [2.45, 2.75) is 11.3 Å². The molecular weight excluding hydrogens is 244 g/mol. The van der Waals surface area contributed by atoms with Crippen molar-refractivity contribution in [3.63, 3.8) is 0 Å². The molecule has 1 aliphatic heterocycles. The molecule has 2 rings (SSSR count). The Kier molecular flexibility index (Phi) is 3.33. The van der Waals surface area contributed by atoms with E-state index in [1.165, 1.54) is 12.1 Å². The van der Waals surface area contributed by atoms with Crippen molar-refractivity contribution < 1.29 is 22.7 Å². The van der Waals surface area contributed by atoms with Crippen LogP contribution >= 0.6 is 0 Å². The van der Waals surface area contributed by atoms with Gasteiger partial charge in [-0.2, -0.15) is 0 Å². The van der Waals surface area contributed by atoms with E-state index in [1.54, 1.807) is 6.07 Å². The van der Waals surface area contributed by atoms with E-state index in [1.807, 2.05) is 0 Å². The molecule has 0 saturated carbocycles. The van der Waals surface area contributed by atoms with Crippen molar-refractivity contribution in [1.82, 2.24) is 0 Å². The number of aldehydes is 1. The van der Waals surface area contributed by atoms with E-state index in [0.717, 1.165) is 0 Å². The van der Waals surface area contributed by atoms with Crippen molar-refractivity contribution in [3.05, 3.63) is 18.2 Å². The Balaban J connectivity index is 2.30. The van der Waals surface area contributed by atoms with Gasteiger partial charge in [0, 0.05) is 12.5 Å². The SMILES string of the molecule is O=CCCS(=O)(=O)c1ccc2c(c1)OCCO2. The minimum atomic E-state index is -3.42. The molecule has 1 aromatic carbocycles. The topological polar surface area (TPSA) is 69.7 Å². The highest BCUT2D eigenvalue weighted by Crippen LogP contribution is 2.32. The fraction of sp³-hybridized carbons (Fsp3) is 0.364. The predicted molar refractivity (Wildman–Crippen MR) is 60.2 cm³/mol. The lowest BCUT2D eigenvalue weighted by atomic mass is 10.3. The average molecular weight is 256 g/mol. The van der Waals surface area contributed by atoms with Gasteiger partial charge in [-0.3, -0.25) is 0 Å². The zero-order valence-corrected chi connectivity index (χ0v) is 9.90. The van der Waals surface area contributed by atoms with Crippen LogP contribution in [0.15, 0.2) is 23.1 Å². The van der Waals surface area contributed by atoms with Gasteiger partial charge in [0.25, 0.3) is 0 Å². The van der Waals surface area contributed by atoms with E-state index < -0.39 is 9.84 Å². The normalized spacial score (nSPS) is 14.4. The molecule has 0 aliphatic carbocycles. The number of benzene rings is 1. The molecule has 0 saturated heterocycles. The van der Waals surface area contributed by atoms with Gasteiger partial charge in [-0.05, 0) is 12.1 Å². The number of carbonyl (C=O) groups is 1. The molecule has 0 N–H and O–H groups in total. The van der Waals surface area contributed by atoms with E-state index >= 15 is 0 Å². The molecule has 92 valence electrons. The number of rotatable bonds is 4. The number of carbonyl (C=O) groups excluding carboxylic acids is 1. The summed E-state index contributed by atoms with van der Waals surface area (Å²) in [4.78, 5) is 10.4. The lowest BCUT2D eigenvalue weighted by Gasteiger charge is -2.18. The summed E-state index contributed by atoms with van der Waals surface area (Å²) in [5.41, 5.74) is 0. The van der Waals surface area contributed by atoms with E-state index in [0.29, 0.717) is 31.0 Å². The first-order valence-corrected chi connectivity index (χ1v) is 6.85. The van der Waals surface area contributed by atoms with Crippen LogP contribution in [-0.4, -0.2) is 33.7 Å². The third-order valence-electron chi connectivity index (χ3n) is 2.38. The van der Waals surface area contributed by atoms with Crippen LogP contribution in [0.5, 0.6) is 11.5 Å². The van der Waals surface area contributed by atoms with Crippen molar-refractivity contribution in [3.8, 4) is 11.5 Å². The van der Waals surface area contributed by atoms with E-state index in [-0.39, 0.29) is 17.1 Å². The van der Waals surface area contributed by atoms with Crippen molar-refractivity contribution >= 4 is 16.1 Å². The van der Waals surface area contributed by atoms with Crippen LogP contribution in [0, 0.1) is 0 Å². The smallest absolute Gasteiger partial charge is 0.178 e. The lowest BCUT2D eigenvalue weighted by molar-refractivity contribution is -0.107. The van der Waals surface area contributed by atoms with Crippen LogP contribution in [0.3, 0.4) is 0 Å². The summed E-state index contributed by atoms with van der Waals surface area (Å²) in [6.45, 7) is 0.870.